The third-order valence-electron chi connectivity index (χ3n) is 4.15. The van der Waals surface area contributed by atoms with Crippen LogP contribution >= 0.6 is 11.3 Å². The lowest BCUT2D eigenvalue weighted by molar-refractivity contribution is -0.115. The second-order valence-electron chi connectivity index (χ2n) is 5.80. The first kappa shape index (κ1) is 15.7. The molecule has 0 bridgehead atoms. The van der Waals surface area contributed by atoms with Crippen LogP contribution in [0.1, 0.15) is 11.1 Å². The van der Waals surface area contributed by atoms with E-state index in [4.69, 9.17) is 4.74 Å². The molecule has 1 aliphatic rings. The lowest BCUT2D eigenvalue weighted by atomic mass is 10.1. The van der Waals surface area contributed by atoms with E-state index in [1.165, 1.54) is 0 Å². The molecule has 0 saturated carbocycles. The summed E-state index contributed by atoms with van der Waals surface area (Å²) in [4.78, 5) is 16.1. The van der Waals surface area contributed by atoms with Crippen LogP contribution in [0.4, 0.5) is 10.8 Å². The Morgan fingerprint density at radius 2 is 2.16 bits per heavy atom. The molecule has 0 radical (unpaired) electrons. The molecule has 1 amide bonds. The standard InChI is InChI=1S/C19H17N3O2S/c1-24-17-5-3-2-4-13(17)10-20-19-22-16(11-25-19)12-6-7-15-14(8-12)9-18(23)21-15/h2-8,11H,9-10H2,1H3,(H,20,22)(H,21,23). The number of carbonyl (C=O) groups excluding carboxylic acids is 1. The highest BCUT2D eigenvalue weighted by atomic mass is 32.1. The third-order valence-corrected chi connectivity index (χ3v) is 4.95. The van der Waals surface area contributed by atoms with E-state index >= 15 is 0 Å². The van der Waals surface area contributed by atoms with E-state index in [9.17, 15) is 4.79 Å². The van der Waals surface area contributed by atoms with Crippen LogP contribution in [0, 0.1) is 0 Å². The Morgan fingerprint density at radius 3 is 3.04 bits per heavy atom. The van der Waals surface area contributed by atoms with Crippen molar-refractivity contribution in [3.05, 3.63) is 59.0 Å². The summed E-state index contributed by atoms with van der Waals surface area (Å²) in [6.07, 6.45) is 0.437. The molecule has 25 heavy (non-hydrogen) atoms. The number of carbonyl (C=O) groups is 1. The molecule has 0 fully saturated rings. The third kappa shape index (κ3) is 3.21. The summed E-state index contributed by atoms with van der Waals surface area (Å²) in [6.45, 7) is 0.652. The topological polar surface area (TPSA) is 63.2 Å². The molecule has 126 valence electrons. The van der Waals surface area contributed by atoms with E-state index in [1.807, 2.05) is 47.8 Å². The quantitative estimate of drug-likeness (QED) is 0.731. The van der Waals surface area contributed by atoms with Crippen molar-refractivity contribution in [2.24, 2.45) is 0 Å². The van der Waals surface area contributed by atoms with E-state index < -0.39 is 0 Å². The molecule has 0 saturated heterocycles. The Labute approximate surface area is 149 Å². The van der Waals surface area contributed by atoms with Crippen molar-refractivity contribution >= 4 is 28.1 Å². The number of para-hydroxylation sites is 1. The number of amides is 1. The molecule has 5 nitrogen and oxygen atoms in total. The van der Waals surface area contributed by atoms with Crippen molar-refractivity contribution in [2.45, 2.75) is 13.0 Å². The number of rotatable bonds is 5. The van der Waals surface area contributed by atoms with Gasteiger partial charge in [0.15, 0.2) is 5.13 Å². The molecule has 2 aromatic carbocycles. The Morgan fingerprint density at radius 1 is 1.28 bits per heavy atom. The molecule has 0 atom stereocenters. The number of aromatic nitrogens is 1. The van der Waals surface area contributed by atoms with Gasteiger partial charge in [0.2, 0.25) is 5.91 Å². The normalized spacial score (nSPS) is 12.6. The van der Waals surface area contributed by atoms with Crippen molar-refractivity contribution < 1.29 is 9.53 Å². The predicted octanol–water partition coefficient (Wildman–Crippen LogP) is 3.93. The van der Waals surface area contributed by atoms with E-state index in [-0.39, 0.29) is 5.91 Å². The first-order chi connectivity index (χ1) is 12.2. The van der Waals surface area contributed by atoms with Gasteiger partial charge in [-0.25, -0.2) is 4.98 Å². The second kappa shape index (κ2) is 6.57. The van der Waals surface area contributed by atoms with Crippen molar-refractivity contribution in [3.63, 3.8) is 0 Å². The van der Waals surface area contributed by atoms with Crippen molar-refractivity contribution in [1.29, 1.82) is 0 Å². The van der Waals surface area contributed by atoms with Crippen molar-refractivity contribution in [2.75, 3.05) is 17.7 Å². The van der Waals surface area contributed by atoms with Gasteiger partial charge >= 0.3 is 0 Å². The number of fused-ring (bicyclic) bond motifs is 1. The van der Waals surface area contributed by atoms with Crippen molar-refractivity contribution in [1.82, 2.24) is 4.98 Å². The minimum Gasteiger partial charge on any atom is -0.496 e. The monoisotopic (exact) mass is 351 g/mol. The minimum absolute atomic E-state index is 0.0459. The number of hydrogen-bond acceptors (Lipinski definition) is 5. The molecule has 0 unspecified atom stereocenters. The lowest BCUT2D eigenvalue weighted by Crippen LogP contribution is -2.03. The molecule has 0 spiro atoms. The molecule has 2 N–H and O–H groups in total. The first-order valence-corrected chi connectivity index (χ1v) is 8.85. The average molecular weight is 351 g/mol. The SMILES string of the molecule is COc1ccccc1CNc1nc(-c2ccc3c(c2)CC(=O)N3)cs1. The maximum atomic E-state index is 11.5. The highest BCUT2D eigenvalue weighted by Crippen LogP contribution is 2.31. The van der Waals surface area contributed by atoms with Crippen LogP contribution in [0.3, 0.4) is 0 Å². The van der Waals surface area contributed by atoms with Gasteiger partial charge in [-0.15, -0.1) is 11.3 Å². The van der Waals surface area contributed by atoms with Gasteiger partial charge in [0.25, 0.3) is 0 Å². The van der Waals surface area contributed by atoms with Crippen LogP contribution < -0.4 is 15.4 Å². The Bertz CT molecular complexity index is 936. The molecule has 2 heterocycles. The molecule has 1 aliphatic heterocycles. The Kier molecular flexibility index (Phi) is 4.11. The Hall–Kier alpha value is -2.86. The minimum atomic E-state index is 0.0459. The highest BCUT2D eigenvalue weighted by Gasteiger charge is 2.18. The smallest absolute Gasteiger partial charge is 0.228 e. The average Bonchev–Trinajstić information content (AvgIpc) is 3.25. The number of nitrogens with one attached hydrogen (secondary N) is 2. The largest absolute Gasteiger partial charge is 0.496 e. The van der Waals surface area contributed by atoms with Crippen LogP contribution in [0.2, 0.25) is 0 Å². The lowest BCUT2D eigenvalue weighted by Gasteiger charge is -2.08. The summed E-state index contributed by atoms with van der Waals surface area (Å²) in [5, 5.41) is 9.08. The first-order valence-electron chi connectivity index (χ1n) is 7.97. The highest BCUT2D eigenvalue weighted by molar-refractivity contribution is 7.14. The van der Waals surface area contributed by atoms with Crippen LogP contribution in [-0.2, 0) is 17.8 Å². The van der Waals surface area contributed by atoms with Gasteiger partial charge in [-0.3, -0.25) is 4.79 Å². The number of nitrogens with zero attached hydrogens (tertiary/aromatic N) is 1. The summed E-state index contributed by atoms with van der Waals surface area (Å²) in [7, 11) is 1.67. The molecule has 4 rings (SSSR count). The number of ether oxygens (including phenoxy) is 1. The van der Waals surface area contributed by atoms with Crippen LogP contribution in [0.15, 0.2) is 47.8 Å². The summed E-state index contributed by atoms with van der Waals surface area (Å²) < 4.78 is 5.37. The number of hydrogen-bond donors (Lipinski definition) is 2. The number of benzene rings is 2. The van der Waals surface area contributed by atoms with Crippen LogP contribution in [0.25, 0.3) is 11.3 Å². The molecule has 0 aliphatic carbocycles. The number of thiazole rings is 1. The van der Waals surface area contributed by atoms with Crippen molar-refractivity contribution in [3.8, 4) is 17.0 Å². The van der Waals surface area contributed by atoms with Gasteiger partial charge in [-0.05, 0) is 23.8 Å². The zero-order valence-corrected chi connectivity index (χ0v) is 14.5. The summed E-state index contributed by atoms with van der Waals surface area (Å²) in [5.74, 6) is 0.909. The van der Waals surface area contributed by atoms with Gasteiger partial charge in [0.05, 0.1) is 19.2 Å². The maximum absolute atomic E-state index is 11.5. The van der Waals surface area contributed by atoms with E-state index in [0.29, 0.717) is 13.0 Å². The summed E-state index contributed by atoms with van der Waals surface area (Å²) >= 11 is 1.57. The van der Waals surface area contributed by atoms with Gasteiger partial charge < -0.3 is 15.4 Å². The van der Waals surface area contributed by atoms with Crippen LogP contribution in [-0.4, -0.2) is 18.0 Å². The Balaban J connectivity index is 1.49. The molecular weight excluding hydrogens is 334 g/mol. The zero-order valence-electron chi connectivity index (χ0n) is 13.7. The van der Waals surface area contributed by atoms with Gasteiger partial charge in [0, 0.05) is 28.7 Å². The van der Waals surface area contributed by atoms with Crippen LogP contribution in [0.5, 0.6) is 5.75 Å². The summed E-state index contributed by atoms with van der Waals surface area (Å²) in [6, 6.07) is 13.9. The van der Waals surface area contributed by atoms with E-state index in [1.54, 1.807) is 18.4 Å². The van der Waals surface area contributed by atoms with E-state index in [2.05, 4.69) is 15.6 Å². The fourth-order valence-electron chi connectivity index (χ4n) is 2.90. The predicted molar refractivity (Wildman–Crippen MR) is 100 cm³/mol. The molecule has 3 aromatic rings. The molecular formula is C19H17N3O2S. The van der Waals surface area contributed by atoms with Gasteiger partial charge in [-0.2, -0.15) is 0 Å². The fourth-order valence-corrected chi connectivity index (χ4v) is 3.61. The molecule has 1 aromatic heterocycles. The second-order valence-corrected chi connectivity index (χ2v) is 6.66. The zero-order chi connectivity index (χ0) is 17.2. The molecule has 6 heteroatoms. The van der Waals surface area contributed by atoms with E-state index in [0.717, 1.165) is 39.0 Å². The number of anilines is 2. The van der Waals surface area contributed by atoms with Gasteiger partial charge in [0.1, 0.15) is 5.75 Å². The van der Waals surface area contributed by atoms with Gasteiger partial charge in [-0.1, -0.05) is 24.3 Å². The fraction of sp³-hybridized carbons (Fsp3) is 0.158. The summed E-state index contributed by atoms with van der Waals surface area (Å²) in [5.41, 5.74) is 4.95. The maximum Gasteiger partial charge on any atom is 0.228 e. The number of methoxy groups -OCH3 is 1.